The third kappa shape index (κ3) is 3.05. The maximum atomic E-state index is 12.0. The Kier molecular flexibility index (Phi) is 4.43. The first-order valence-electron chi connectivity index (χ1n) is 5.03. The van der Waals surface area contributed by atoms with Crippen LogP contribution in [-0.2, 0) is 4.79 Å². The molecule has 0 fully saturated rings. The van der Waals surface area contributed by atoms with Crippen LogP contribution < -0.4 is 11.1 Å². The lowest BCUT2D eigenvalue weighted by atomic mass is 9.91. The van der Waals surface area contributed by atoms with Gasteiger partial charge in [-0.15, -0.1) is 0 Å². The molecule has 0 aliphatic rings. The monoisotopic (exact) mass is 289 g/mol. The molecule has 0 unspecified atom stereocenters. The topological polar surface area (TPSA) is 87.7 Å². The molecule has 1 aromatic carbocycles. The lowest BCUT2D eigenvalue weighted by molar-refractivity contribution is -0.121. The largest absolute Gasteiger partial charge is 0.409 e. The second-order valence-electron chi connectivity index (χ2n) is 4.19. The van der Waals surface area contributed by atoms with Crippen LogP contribution in [-0.4, -0.2) is 17.0 Å². The van der Waals surface area contributed by atoms with E-state index in [9.17, 15) is 4.79 Å². The minimum absolute atomic E-state index is 0.190. The number of nitrogens with one attached hydrogen (secondary N) is 1. The number of nitrogens with zero attached hydrogens (tertiary/aromatic N) is 1. The highest BCUT2D eigenvalue weighted by molar-refractivity contribution is 6.36. The average molecular weight is 290 g/mol. The zero-order valence-electron chi connectivity index (χ0n) is 9.87. The van der Waals surface area contributed by atoms with Crippen molar-refractivity contribution in [3.8, 4) is 0 Å². The predicted octanol–water partition coefficient (Wildman–Crippen LogP) is 2.70. The second kappa shape index (κ2) is 5.46. The van der Waals surface area contributed by atoms with Gasteiger partial charge in [0.15, 0.2) is 5.84 Å². The number of hydrogen-bond donors (Lipinski definition) is 3. The smallest absolute Gasteiger partial charge is 0.237 e. The van der Waals surface area contributed by atoms with E-state index in [1.807, 2.05) is 0 Å². The van der Waals surface area contributed by atoms with Gasteiger partial charge in [-0.05, 0) is 32.0 Å². The van der Waals surface area contributed by atoms with Gasteiger partial charge >= 0.3 is 0 Å². The van der Waals surface area contributed by atoms with E-state index in [1.165, 1.54) is 19.9 Å². The number of anilines is 1. The molecular weight excluding hydrogens is 277 g/mol. The van der Waals surface area contributed by atoms with Crippen molar-refractivity contribution in [2.24, 2.45) is 16.3 Å². The Bertz CT molecular complexity index is 501. The molecule has 1 amide bonds. The van der Waals surface area contributed by atoms with E-state index in [2.05, 4.69) is 10.5 Å². The first-order chi connectivity index (χ1) is 8.28. The van der Waals surface area contributed by atoms with E-state index in [0.717, 1.165) is 0 Å². The van der Waals surface area contributed by atoms with Gasteiger partial charge in [0.2, 0.25) is 5.91 Å². The molecule has 1 rings (SSSR count). The maximum absolute atomic E-state index is 12.0. The Labute approximate surface area is 115 Å². The molecule has 18 heavy (non-hydrogen) atoms. The average Bonchev–Trinajstić information content (AvgIpc) is 2.31. The Morgan fingerprint density at radius 3 is 2.56 bits per heavy atom. The van der Waals surface area contributed by atoms with E-state index in [4.69, 9.17) is 34.1 Å². The molecule has 0 heterocycles. The van der Waals surface area contributed by atoms with Crippen molar-refractivity contribution in [1.82, 2.24) is 0 Å². The quantitative estimate of drug-likeness (QED) is 0.346. The molecule has 0 aliphatic carbocycles. The van der Waals surface area contributed by atoms with Crippen molar-refractivity contribution in [2.45, 2.75) is 13.8 Å². The van der Waals surface area contributed by atoms with E-state index < -0.39 is 11.3 Å². The van der Waals surface area contributed by atoms with Crippen molar-refractivity contribution in [1.29, 1.82) is 0 Å². The fourth-order valence-corrected chi connectivity index (χ4v) is 1.57. The molecule has 1 aromatic rings. The van der Waals surface area contributed by atoms with Gasteiger partial charge in [0, 0.05) is 5.02 Å². The first kappa shape index (κ1) is 14.6. The highest BCUT2D eigenvalue weighted by Gasteiger charge is 2.33. The Morgan fingerprint density at radius 1 is 1.44 bits per heavy atom. The van der Waals surface area contributed by atoms with Crippen LogP contribution in [0.5, 0.6) is 0 Å². The Hall–Kier alpha value is -1.46. The number of carbonyl (C=O) groups excluding carboxylic acids is 1. The van der Waals surface area contributed by atoms with E-state index in [1.54, 1.807) is 12.1 Å². The molecule has 0 bridgehead atoms. The Morgan fingerprint density at radius 2 is 2.06 bits per heavy atom. The first-order valence-corrected chi connectivity index (χ1v) is 5.79. The summed E-state index contributed by atoms with van der Waals surface area (Å²) in [6.45, 7) is 3.06. The molecule has 0 saturated carbocycles. The van der Waals surface area contributed by atoms with Gasteiger partial charge in [-0.2, -0.15) is 0 Å². The van der Waals surface area contributed by atoms with Crippen LogP contribution in [0.2, 0.25) is 10.0 Å². The Balaban J connectivity index is 2.95. The summed E-state index contributed by atoms with van der Waals surface area (Å²) in [4.78, 5) is 12.0. The number of benzene rings is 1. The number of carbonyl (C=O) groups is 1. The van der Waals surface area contributed by atoms with Gasteiger partial charge in [-0.25, -0.2) is 0 Å². The van der Waals surface area contributed by atoms with Gasteiger partial charge < -0.3 is 16.3 Å². The van der Waals surface area contributed by atoms with Crippen molar-refractivity contribution in [3.05, 3.63) is 28.2 Å². The molecule has 0 radical (unpaired) electrons. The van der Waals surface area contributed by atoms with Crippen molar-refractivity contribution < 1.29 is 10.0 Å². The van der Waals surface area contributed by atoms with E-state index in [-0.39, 0.29) is 5.84 Å². The van der Waals surface area contributed by atoms with Gasteiger partial charge in [-0.3, -0.25) is 4.79 Å². The fourth-order valence-electron chi connectivity index (χ4n) is 1.11. The normalized spacial score (nSPS) is 12.3. The summed E-state index contributed by atoms with van der Waals surface area (Å²) in [7, 11) is 0. The summed E-state index contributed by atoms with van der Waals surface area (Å²) in [5, 5.41) is 14.8. The van der Waals surface area contributed by atoms with Crippen LogP contribution in [0.4, 0.5) is 5.69 Å². The summed E-state index contributed by atoms with van der Waals surface area (Å²) >= 11 is 11.7. The summed E-state index contributed by atoms with van der Waals surface area (Å²) in [5.74, 6) is -0.632. The summed E-state index contributed by atoms with van der Waals surface area (Å²) < 4.78 is 0. The summed E-state index contributed by atoms with van der Waals surface area (Å²) in [5.41, 5.74) is 4.70. The third-order valence-electron chi connectivity index (χ3n) is 2.50. The number of nitrogens with two attached hydrogens (primary N) is 1. The van der Waals surface area contributed by atoms with Crippen molar-refractivity contribution in [3.63, 3.8) is 0 Å². The molecule has 0 spiro atoms. The highest BCUT2D eigenvalue weighted by Crippen LogP contribution is 2.27. The highest BCUT2D eigenvalue weighted by atomic mass is 35.5. The van der Waals surface area contributed by atoms with Gasteiger partial charge in [0.1, 0.15) is 5.41 Å². The number of oxime groups is 1. The van der Waals surface area contributed by atoms with Gasteiger partial charge in [0.25, 0.3) is 0 Å². The van der Waals surface area contributed by atoms with E-state index in [0.29, 0.717) is 15.7 Å². The van der Waals surface area contributed by atoms with Gasteiger partial charge in [0.05, 0.1) is 10.7 Å². The van der Waals surface area contributed by atoms with Gasteiger partial charge in [-0.1, -0.05) is 28.4 Å². The van der Waals surface area contributed by atoms with Crippen molar-refractivity contribution in [2.75, 3.05) is 5.32 Å². The number of hydrogen-bond acceptors (Lipinski definition) is 3. The molecule has 0 saturated heterocycles. The fraction of sp³-hybridized carbons (Fsp3) is 0.273. The zero-order chi connectivity index (χ0) is 13.9. The second-order valence-corrected chi connectivity index (χ2v) is 5.03. The SMILES string of the molecule is CC(C)(C(=O)Nc1ccc(Cl)cc1Cl)C(N)=NO. The van der Waals surface area contributed by atoms with Crippen molar-refractivity contribution >= 4 is 40.6 Å². The van der Waals surface area contributed by atoms with Crippen LogP contribution in [0, 0.1) is 5.41 Å². The molecular formula is C11H13Cl2N3O2. The van der Waals surface area contributed by atoms with Crippen LogP contribution in [0.1, 0.15) is 13.8 Å². The van der Waals surface area contributed by atoms with Crippen LogP contribution in [0.3, 0.4) is 0 Å². The van der Waals surface area contributed by atoms with E-state index >= 15 is 0 Å². The molecule has 0 aliphatic heterocycles. The molecule has 0 aromatic heterocycles. The molecule has 98 valence electrons. The van der Waals surface area contributed by atoms with Crippen LogP contribution in [0.25, 0.3) is 0 Å². The number of rotatable bonds is 3. The standard InChI is InChI=1S/C11H13Cl2N3O2/c1-11(2,9(14)16-18)10(17)15-8-4-3-6(12)5-7(8)13/h3-5,18H,1-2H3,(H2,14,16)(H,15,17). The number of halogens is 2. The van der Waals surface area contributed by atoms with Crippen LogP contribution >= 0.6 is 23.2 Å². The molecule has 0 atom stereocenters. The number of amides is 1. The summed E-state index contributed by atoms with van der Waals surface area (Å²) in [6, 6.07) is 4.68. The molecule has 4 N–H and O–H groups in total. The molecule has 7 heteroatoms. The maximum Gasteiger partial charge on any atom is 0.237 e. The summed E-state index contributed by atoms with van der Waals surface area (Å²) in [6.07, 6.45) is 0. The molecule has 5 nitrogen and oxygen atoms in total. The number of amidine groups is 1. The minimum atomic E-state index is -1.16. The minimum Gasteiger partial charge on any atom is -0.409 e. The predicted molar refractivity (Wildman–Crippen MR) is 72.3 cm³/mol. The lowest BCUT2D eigenvalue weighted by Gasteiger charge is -2.22. The van der Waals surface area contributed by atoms with Crippen LogP contribution in [0.15, 0.2) is 23.4 Å². The lowest BCUT2D eigenvalue weighted by Crippen LogP contribution is -2.42. The zero-order valence-corrected chi connectivity index (χ0v) is 11.4. The third-order valence-corrected chi connectivity index (χ3v) is 3.04.